The summed E-state index contributed by atoms with van der Waals surface area (Å²) in [6, 6.07) is 15.8. The van der Waals surface area contributed by atoms with Crippen molar-refractivity contribution in [2.45, 2.75) is 25.8 Å². The van der Waals surface area contributed by atoms with E-state index in [-0.39, 0.29) is 18.4 Å². The third kappa shape index (κ3) is 4.53. The van der Waals surface area contributed by atoms with Gasteiger partial charge < -0.3 is 15.5 Å². The highest BCUT2D eigenvalue weighted by Gasteiger charge is 2.23. The number of para-hydroxylation sites is 1. The Balaban J connectivity index is 1.53. The van der Waals surface area contributed by atoms with E-state index in [4.69, 9.17) is 0 Å². The van der Waals surface area contributed by atoms with Gasteiger partial charge in [-0.15, -0.1) is 0 Å². The fourth-order valence-corrected chi connectivity index (χ4v) is 3.14. The summed E-state index contributed by atoms with van der Waals surface area (Å²) in [7, 11) is 0. The molecule has 3 rings (SSSR count). The number of aryl methyl sites for hydroxylation is 1. The summed E-state index contributed by atoms with van der Waals surface area (Å²) in [6.07, 6.45) is 1.86. The molecule has 0 aromatic heterocycles. The van der Waals surface area contributed by atoms with Gasteiger partial charge in [-0.25, -0.2) is 0 Å². The Kier molecular flexibility index (Phi) is 5.86. The Morgan fingerprint density at radius 2 is 1.74 bits per heavy atom. The van der Waals surface area contributed by atoms with Crippen LogP contribution in [-0.4, -0.2) is 36.9 Å². The minimum Gasteiger partial charge on any atom is -0.345 e. The second-order valence-corrected chi connectivity index (χ2v) is 6.56. The largest absolute Gasteiger partial charge is 0.345 e. The summed E-state index contributed by atoms with van der Waals surface area (Å²) in [5.74, 6) is -0.871. The van der Waals surface area contributed by atoms with Gasteiger partial charge in [0.2, 0.25) is 11.8 Å². The zero-order valence-electron chi connectivity index (χ0n) is 15.3. The molecule has 2 aromatic carbocycles. The molecule has 0 bridgehead atoms. The Bertz CT molecular complexity index is 836. The van der Waals surface area contributed by atoms with Gasteiger partial charge >= 0.3 is 0 Å². The minimum atomic E-state index is -0.737. The highest BCUT2D eigenvalue weighted by molar-refractivity contribution is 6.00. The van der Waals surface area contributed by atoms with Crippen LogP contribution in [0.2, 0.25) is 0 Å². The molecule has 0 unspecified atom stereocenters. The predicted molar refractivity (Wildman–Crippen MR) is 103 cm³/mol. The normalized spacial score (nSPS) is 14.0. The van der Waals surface area contributed by atoms with Gasteiger partial charge in [-0.3, -0.25) is 14.4 Å². The van der Waals surface area contributed by atoms with Crippen LogP contribution < -0.4 is 15.5 Å². The topological polar surface area (TPSA) is 78.5 Å². The van der Waals surface area contributed by atoms with Crippen molar-refractivity contribution >= 4 is 23.4 Å². The quantitative estimate of drug-likeness (QED) is 0.849. The second-order valence-electron chi connectivity index (χ2n) is 6.56. The first kappa shape index (κ1) is 18.6. The molecule has 140 valence electrons. The number of fused-ring (bicyclic) bond motifs is 1. The van der Waals surface area contributed by atoms with Crippen LogP contribution in [0.25, 0.3) is 0 Å². The van der Waals surface area contributed by atoms with Gasteiger partial charge in [0.1, 0.15) is 6.04 Å². The molecular weight excluding hydrogens is 342 g/mol. The van der Waals surface area contributed by atoms with Crippen molar-refractivity contribution in [3.05, 3.63) is 65.7 Å². The van der Waals surface area contributed by atoms with Crippen LogP contribution in [0, 0.1) is 0 Å². The number of carbonyl (C=O) groups is 3. The van der Waals surface area contributed by atoms with E-state index in [1.807, 2.05) is 30.3 Å². The van der Waals surface area contributed by atoms with E-state index < -0.39 is 11.9 Å². The van der Waals surface area contributed by atoms with Gasteiger partial charge in [0.25, 0.3) is 5.91 Å². The van der Waals surface area contributed by atoms with Gasteiger partial charge in [0.05, 0.1) is 6.54 Å². The number of hydrogen-bond donors (Lipinski definition) is 2. The van der Waals surface area contributed by atoms with Crippen LogP contribution in [0.15, 0.2) is 54.6 Å². The molecule has 2 N–H and O–H groups in total. The number of benzene rings is 2. The van der Waals surface area contributed by atoms with Crippen LogP contribution >= 0.6 is 0 Å². The van der Waals surface area contributed by atoms with Crippen LogP contribution in [0.1, 0.15) is 29.3 Å². The molecule has 0 fully saturated rings. The number of anilines is 1. The fourth-order valence-electron chi connectivity index (χ4n) is 3.14. The molecule has 6 nitrogen and oxygen atoms in total. The number of nitrogens with one attached hydrogen (secondary N) is 2. The first-order valence-corrected chi connectivity index (χ1v) is 9.08. The molecular formula is C21H23N3O3. The Morgan fingerprint density at radius 1 is 1.04 bits per heavy atom. The number of rotatable bonds is 5. The van der Waals surface area contributed by atoms with Crippen LogP contribution in [0.3, 0.4) is 0 Å². The maximum absolute atomic E-state index is 12.6. The molecule has 1 aliphatic heterocycles. The molecule has 3 amide bonds. The lowest BCUT2D eigenvalue weighted by molar-refractivity contribution is -0.126. The van der Waals surface area contributed by atoms with Crippen molar-refractivity contribution in [1.29, 1.82) is 0 Å². The van der Waals surface area contributed by atoms with E-state index in [2.05, 4.69) is 10.6 Å². The third-order valence-corrected chi connectivity index (χ3v) is 4.60. The molecule has 27 heavy (non-hydrogen) atoms. The van der Waals surface area contributed by atoms with E-state index >= 15 is 0 Å². The van der Waals surface area contributed by atoms with Crippen molar-refractivity contribution in [3.8, 4) is 0 Å². The zero-order chi connectivity index (χ0) is 19.2. The predicted octanol–water partition coefficient (Wildman–Crippen LogP) is 1.90. The summed E-state index contributed by atoms with van der Waals surface area (Å²) in [5.41, 5.74) is 2.54. The monoisotopic (exact) mass is 365 g/mol. The summed E-state index contributed by atoms with van der Waals surface area (Å²) in [4.78, 5) is 38.6. The van der Waals surface area contributed by atoms with E-state index in [1.54, 1.807) is 36.1 Å². The summed E-state index contributed by atoms with van der Waals surface area (Å²) < 4.78 is 0. The number of hydrogen-bond acceptors (Lipinski definition) is 3. The van der Waals surface area contributed by atoms with Crippen molar-refractivity contribution < 1.29 is 14.4 Å². The van der Waals surface area contributed by atoms with E-state index in [0.717, 1.165) is 24.1 Å². The lowest BCUT2D eigenvalue weighted by Gasteiger charge is -2.29. The molecule has 1 aliphatic rings. The molecule has 0 radical (unpaired) electrons. The maximum atomic E-state index is 12.6. The molecule has 0 saturated carbocycles. The standard InChI is InChI=1S/C21H23N3O3/c1-15(23-21(27)17-9-3-2-4-10-17)20(26)22-14-19(25)24-13-7-11-16-8-5-6-12-18(16)24/h2-6,8-10,12,15H,7,11,13-14H2,1H3,(H,22,26)(H,23,27)/t15-/m0/s1. The molecule has 0 spiro atoms. The lowest BCUT2D eigenvalue weighted by Crippen LogP contribution is -2.48. The highest BCUT2D eigenvalue weighted by atomic mass is 16.2. The zero-order valence-corrected chi connectivity index (χ0v) is 15.3. The molecule has 0 saturated heterocycles. The van der Waals surface area contributed by atoms with Crippen molar-refractivity contribution in [2.75, 3.05) is 18.0 Å². The smallest absolute Gasteiger partial charge is 0.251 e. The summed E-state index contributed by atoms with van der Waals surface area (Å²) in [5, 5.41) is 5.26. The maximum Gasteiger partial charge on any atom is 0.251 e. The molecule has 2 aromatic rings. The minimum absolute atomic E-state index is 0.0985. The van der Waals surface area contributed by atoms with Crippen LogP contribution in [0.4, 0.5) is 5.69 Å². The average Bonchev–Trinajstić information content (AvgIpc) is 2.71. The van der Waals surface area contributed by atoms with Gasteiger partial charge in [0, 0.05) is 17.8 Å². The SMILES string of the molecule is C[C@H](NC(=O)c1ccccc1)C(=O)NCC(=O)N1CCCc2ccccc21. The first-order valence-electron chi connectivity index (χ1n) is 9.08. The Hall–Kier alpha value is -3.15. The second kappa shape index (κ2) is 8.49. The average molecular weight is 365 g/mol. The van der Waals surface area contributed by atoms with Crippen molar-refractivity contribution in [1.82, 2.24) is 10.6 Å². The van der Waals surface area contributed by atoms with Gasteiger partial charge in [-0.2, -0.15) is 0 Å². The molecule has 1 heterocycles. The molecule has 1 atom stereocenters. The number of amides is 3. The lowest BCUT2D eigenvalue weighted by atomic mass is 10.0. The van der Waals surface area contributed by atoms with Crippen molar-refractivity contribution in [2.24, 2.45) is 0 Å². The van der Waals surface area contributed by atoms with Gasteiger partial charge in [-0.05, 0) is 43.5 Å². The third-order valence-electron chi connectivity index (χ3n) is 4.60. The van der Waals surface area contributed by atoms with Crippen LogP contribution in [0.5, 0.6) is 0 Å². The number of carbonyl (C=O) groups excluding carboxylic acids is 3. The van der Waals surface area contributed by atoms with Gasteiger partial charge in [0.15, 0.2) is 0 Å². The molecule has 0 aliphatic carbocycles. The van der Waals surface area contributed by atoms with Gasteiger partial charge in [-0.1, -0.05) is 36.4 Å². The van der Waals surface area contributed by atoms with E-state index in [1.165, 1.54) is 0 Å². The molecule has 6 heteroatoms. The summed E-state index contributed by atoms with van der Waals surface area (Å²) in [6.45, 7) is 2.14. The fraction of sp³-hybridized carbons (Fsp3) is 0.286. The van der Waals surface area contributed by atoms with E-state index in [9.17, 15) is 14.4 Å². The number of nitrogens with zero attached hydrogens (tertiary/aromatic N) is 1. The summed E-state index contributed by atoms with van der Waals surface area (Å²) >= 11 is 0. The van der Waals surface area contributed by atoms with E-state index in [0.29, 0.717) is 12.1 Å². The van der Waals surface area contributed by atoms with Crippen molar-refractivity contribution in [3.63, 3.8) is 0 Å². The first-order chi connectivity index (χ1) is 13.1. The van der Waals surface area contributed by atoms with Crippen LogP contribution in [-0.2, 0) is 16.0 Å². The highest BCUT2D eigenvalue weighted by Crippen LogP contribution is 2.26. The Labute approximate surface area is 158 Å². The Morgan fingerprint density at radius 3 is 2.52 bits per heavy atom.